The fraction of sp³-hybridized carbons (Fsp3) is 0.312. The number of aromatic nitrogens is 1. The summed E-state index contributed by atoms with van der Waals surface area (Å²) in [5.74, 6) is 0.165. The topological polar surface area (TPSA) is 59.2 Å². The number of hydrogen-bond acceptors (Lipinski definition) is 3. The van der Waals surface area contributed by atoms with Crippen LogP contribution in [0.5, 0.6) is 5.75 Å². The number of rotatable bonds is 7. The van der Waals surface area contributed by atoms with Crippen molar-refractivity contribution in [3.63, 3.8) is 0 Å². The Morgan fingerprint density at radius 1 is 1.27 bits per heavy atom. The SMILES string of the molecule is CCCOc1c[nH]c(CS(=O)Cc2ccccc2F)cc1=O. The zero-order valence-electron chi connectivity index (χ0n) is 12.3. The summed E-state index contributed by atoms with van der Waals surface area (Å²) >= 11 is 0. The van der Waals surface area contributed by atoms with Gasteiger partial charge in [-0.05, 0) is 12.5 Å². The third-order valence-corrected chi connectivity index (χ3v) is 4.26. The van der Waals surface area contributed by atoms with Crippen molar-refractivity contribution in [3.8, 4) is 5.75 Å². The summed E-state index contributed by atoms with van der Waals surface area (Å²) in [6.45, 7) is 2.43. The van der Waals surface area contributed by atoms with Crippen molar-refractivity contribution in [2.24, 2.45) is 0 Å². The van der Waals surface area contributed by atoms with Crippen LogP contribution in [0.2, 0.25) is 0 Å². The first kappa shape index (κ1) is 16.4. The molecule has 1 N–H and O–H groups in total. The van der Waals surface area contributed by atoms with Gasteiger partial charge in [-0.2, -0.15) is 0 Å². The molecule has 0 aliphatic heterocycles. The second-order valence-electron chi connectivity index (χ2n) is 4.86. The van der Waals surface area contributed by atoms with E-state index in [2.05, 4.69) is 4.98 Å². The van der Waals surface area contributed by atoms with E-state index >= 15 is 0 Å². The van der Waals surface area contributed by atoms with Crippen molar-refractivity contribution < 1.29 is 13.3 Å². The van der Waals surface area contributed by atoms with Crippen LogP contribution in [-0.4, -0.2) is 15.8 Å². The average molecular weight is 323 g/mol. The third-order valence-electron chi connectivity index (χ3n) is 2.99. The van der Waals surface area contributed by atoms with Crippen LogP contribution in [0.15, 0.2) is 41.3 Å². The van der Waals surface area contributed by atoms with E-state index in [9.17, 15) is 13.4 Å². The van der Waals surface area contributed by atoms with Crippen molar-refractivity contribution in [2.75, 3.05) is 6.61 Å². The molecule has 118 valence electrons. The van der Waals surface area contributed by atoms with Crippen LogP contribution in [0.25, 0.3) is 0 Å². The van der Waals surface area contributed by atoms with E-state index in [1.807, 2.05) is 6.92 Å². The van der Waals surface area contributed by atoms with E-state index in [0.29, 0.717) is 17.9 Å². The highest BCUT2D eigenvalue weighted by molar-refractivity contribution is 7.83. The number of pyridine rings is 1. The molecule has 1 aromatic heterocycles. The molecule has 0 fully saturated rings. The molecule has 6 heteroatoms. The van der Waals surface area contributed by atoms with Gasteiger partial charge in [0.25, 0.3) is 0 Å². The van der Waals surface area contributed by atoms with Gasteiger partial charge in [0.15, 0.2) is 5.75 Å². The maximum Gasteiger partial charge on any atom is 0.223 e. The van der Waals surface area contributed by atoms with E-state index in [1.54, 1.807) is 18.2 Å². The summed E-state index contributed by atoms with van der Waals surface area (Å²) < 4.78 is 30.9. The van der Waals surface area contributed by atoms with Crippen molar-refractivity contribution in [1.82, 2.24) is 4.98 Å². The fourth-order valence-corrected chi connectivity index (χ4v) is 3.12. The number of benzene rings is 1. The van der Waals surface area contributed by atoms with Gasteiger partial charge < -0.3 is 9.72 Å². The number of nitrogens with one attached hydrogen (secondary N) is 1. The molecule has 0 amide bonds. The van der Waals surface area contributed by atoms with Gasteiger partial charge >= 0.3 is 0 Å². The number of H-pyrrole nitrogens is 1. The molecule has 22 heavy (non-hydrogen) atoms. The molecule has 0 aliphatic rings. The first-order valence-electron chi connectivity index (χ1n) is 7.03. The highest BCUT2D eigenvalue weighted by Crippen LogP contribution is 2.12. The summed E-state index contributed by atoms with van der Waals surface area (Å²) in [6.07, 6.45) is 2.29. The molecule has 0 spiro atoms. The maximum atomic E-state index is 13.5. The second kappa shape index (κ2) is 7.89. The quantitative estimate of drug-likeness (QED) is 0.852. The van der Waals surface area contributed by atoms with E-state index < -0.39 is 10.8 Å². The molecule has 0 radical (unpaired) electrons. The minimum atomic E-state index is -1.30. The zero-order chi connectivity index (χ0) is 15.9. The smallest absolute Gasteiger partial charge is 0.223 e. The summed E-state index contributed by atoms with van der Waals surface area (Å²) in [7, 11) is -1.30. The molecular formula is C16H18FNO3S. The van der Waals surface area contributed by atoms with Gasteiger partial charge in [-0.1, -0.05) is 25.1 Å². The molecule has 0 bridgehead atoms. The molecule has 1 aromatic carbocycles. The van der Waals surface area contributed by atoms with Crippen molar-refractivity contribution in [1.29, 1.82) is 0 Å². The van der Waals surface area contributed by atoms with Gasteiger partial charge in [-0.25, -0.2) is 4.39 Å². The minimum absolute atomic E-state index is 0.114. The molecule has 1 heterocycles. The average Bonchev–Trinajstić information content (AvgIpc) is 2.49. The Hall–Kier alpha value is -1.95. The maximum absolute atomic E-state index is 13.5. The number of hydrogen-bond donors (Lipinski definition) is 1. The molecule has 1 unspecified atom stereocenters. The molecule has 4 nitrogen and oxygen atoms in total. The molecule has 0 saturated carbocycles. The molecule has 0 aliphatic carbocycles. The van der Waals surface area contributed by atoms with Crippen LogP contribution in [0.4, 0.5) is 4.39 Å². The Morgan fingerprint density at radius 3 is 2.73 bits per heavy atom. The van der Waals surface area contributed by atoms with Crippen LogP contribution < -0.4 is 10.2 Å². The van der Waals surface area contributed by atoms with E-state index in [4.69, 9.17) is 4.74 Å². The van der Waals surface area contributed by atoms with Crippen molar-refractivity contribution in [3.05, 3.63) is 63.8 Å². The predicted octanol–water partition coefficient (Wildman–Crippen LogP) is 2.75. The van der Waals surface area contributed by atoms with Gasteiger partial charge in [-0.3, -0.25) is 9.00 Å². The van der Waals surface area contributed by atoms with E-state index in [-0.39, 0.29) is 28.5 Å². The first-order valence-corrected chi connectivity index (χ1v) is 8.51. The molecule has 2 aromatic rings. The zero-order valence-corrected chi connectivity index (χ0v) is 13.1. The van der Waals surface area contributed by atoms with Gasteiger partial charge in [-0.15, -0.1) is 0 Å². The van der Waals surface area contributed by atoms with Crippen LogP contribution in [0, 0.1) is 5.82 Å². The number of ether oxygens (including phenoxy) is 1. The summed E-state index contributed by atoms with van der Waals surface area (Å²) in [4.78, 5) is 14.7. The lowest BCUT2D eigenvalue weighted by molar-refractivity contribution is 0.313. The van der Waals surface area contributed by atoms with E-state index in [0.717, 1.165) is 6.42 Å². The summed E-state index contributed by atoms with van der Waals surface area (Å²) in [5, 5.41) is 0. The Balaban J connectivity index is 2.01. The highest BCUT2D eigenvalue weighted by atomic mass is 32.2. The Labute approximate surface area is 130 Å². The van der Waals surface area contributed by atoms with Crippen LogP contribution in [0.3, 0.4) is 0 Å². The van der Waals surface area contributed by atoms with Gasteiger partial charge in [0.05, 0.1) is 18.1 Å². The molecule has 0 saturated heterocycles. The molecular weight excluding hydrogens is 305 g/mol. The largest absolute Gasteiger partial charge is 0.488 e. The minimum Gasteiger partial charge on any atom is -0.488 e. The standard InChI is InChI=1S/C16H18FNO3S/c1-2-7-21-16-9-18-13(8-15(16)19)11-22(20)10-12-5-3-4-6-14(12)17/h3-6,8-9H,2,7,10-11H2,1H3,(H,18,19). The van der Waals surface area contributed by atoms with Gasteiger partial charge in [0.2, 0.25) is 5.43 Å². The normalized spacial score (nSPS) is 12.1. The highest BCUT2D eigenvalue weighted by Gasteiger charge is 2.09. The number of halogens is 1. The van der Waals surface area contributed by atoms with Crippen LogP contribution in [-0.2, 0) is 22.3 Å². The monoisotopic (exact) mass is 323 g/mol. The molecule has 2 rings (SSSR count). The fourth-order valence-electron chi connectivity index (χ4n) is 1.92. The summed E-state index contributed by atoms with van der Waals surface area (Å²) in [5.41, 5.74) is 0.708. The van der Waals surface area contributed by atoms with Gasteiger partial charge in [0, 0.05) is 34.3 Å². The van der Waals surface area contributed by atoms with Crippen molar-refractivity contribution in [2.45, 2.75) is 24.9 Å². The number of aromatic amines is 1. The third kappa shape index (κ3) is 4.53. The Bertz CT molecular complexity index is 715. The van der Waals surface area contributed by atoms with Crippen molar-refractivity contribution >= 4 is 10.8 Å². The first-order chi connectivity index (χ1) is 10.6. The lowest BCUT2D eigenvalue weighted by Crippen LogP contribution is -2.11. The molecule has 1 atom stereocenters. The summed E-state index contributed by atoms with van der Waals surface area (Å²) in [6, 6.07) is 7.63. The lowest BCUT2D eigenvalue weighted by Gasteiger charge is -2.06. The van der Waals surface area contributed by atoms with Crippen LogP contribution >= 0.6 is 0 Å². The predicted molar refractivity (Wildman–Crippen MR) is 84.8 cm³/mol. The lowest BCUT2D eigenvalue weighted by atomic mass is 10.2. The Morgan fingerprint density at radius 2 is 2.05 bits per heavy atom. The van der Waals surface area contributed by atoms with Gasteiger partial charge in [0.1, 0.15) is 5.82 Å². The van der Waals surface area contributed by atoms with E-state index in [1.165, 1.54) is 18.3 Å². The van der Waals surface area contributed by atoms with Crippen LogP contribution in [0.1, 0.15) is 24.6 Å². The Kier molecular flexibility index (Phi) is 5.89. The second-order valence-corrected chi connectivity index (χ2v) is 6.31.